The minimum atomic E-state index is 0.224. The summed E-state index contributed by atoms with van der Waals surface area (Å²) in [5.74, 6) is 0. The molecule has 0 amide bonds. The normalized spacial score (nSPS) is 18.6. The molecule has 1 atom stereocenters. The largest absolute Gasteiger partial charge is 0.327 e. The van der Waals surface area contributed by atoms with Gasteiger partial charge in [0.05, 0.1) is 5.69 Å². The Labute approximate surface area is 77.8 Å². The van der Waals surface area contributed by atoms with Crippen LogP contribution in [0.3, 0.4) is 0 Å². The fourth-order valence-corrected chi connectivity index (χ4v) is 1.70. The molecule has 0 saturated heterocycles. The lowest BCUT2D eigenvalue weighted by Crippen LogP contribution is -2.32. The van der Waals surface area contributed by atoms with Crippen LogP contribution < -0.4 is 5.73 Å². The lowest BCUT2D eigenvalue weighted by atomic mass is 10.3. The molecule has 0 radical (unpaired) electrons. The van der Waals surface area contributed by atoms with Gasteiger partial charge >= 0.3 is 0 Å². The highest BCUT2D eigenvalue weighted by atomic mass is 15.2. The van der Waals surface area contributed by atoms with Crippen LogP contribution in [-0.2, 0) is 13.1 Å². The van der Waals surface area contributed by atoms with Crippen LogP contribution in [-0.4, -0.2) is 27.5 Å². The summed E-state index contributed by atoms with van der Waals surface area (Å²) in [7, 11) is 0. The maximum absolute atomic E-state index is 5.73. The number of hydrogen-bond acceptors (Lipinski definition) is 4. The van der Waals surface area contributed by atoms with Gasteiger partial charge in [0.2, 0.25) is 0 Å². The highest BCUT2D eigenvalue weighted by molar-refractivity contribution is 5.20. The molecule has 1 unspecified atom stereocenters. The van der Waals surface area contributed by atoms with Crippen LogP contribution in [0.4, 0.5) is 0 Å². The molecule has 2 rings (SSSR count). The zero-order valence-electron chi connectivity index (χ0n) is 7.77. The van der Waals surface area contributed by atoms with Crippen molar-refractivity contribution >= 4 is 0 Å². The Kier molecular flexibility index (Phi) is 2.24. The van der Waals surface area contributed by atoms with Gasteiger partial charge in [-0.1, -0.05) is 0 Å². The van der Waals surface area contributed by atoms with E-state index in [1.165, 1.54) is 5.56 Å². The molecule has 1 aromatic heterocycles. The summed E-state index contributed by atoms with van der Waals surface area (Å²) < 4.78 is 0. The van der Waals surface area contributed by atoms with Gasteiger partial charge in [-0.2, -0.15) is 0 Å². The van der Waals surface area contributed by atoms with Crippen LogP contribution in [0.5, 0.6) is 0 Å². The number of hydrogen-bond donors (Lipinski definition) is 1. The van der Waals surface area contributed by atoms with Crippen LogP contribution in [0.25, 0.3) is 0 Å². The molecular weight excluding hydrogens is 164 g/mol. The quantitative estimate of drug-likeness (QED) is 0.700. The number of nitrogens with zero attached hydrogens (tertiary/aromatic N) is 3. The van der Waals surface area contributed by atoms with E-state index < -0.39 is 0 Å². The zero-order valence-corrected chi connectivity index (χ0v) is 7.77. The molecular formula is C9H14N4. The maximum Gasteiger partial charge on any atom is 0.115 e. The number of nitrogens with two attached hydrogens (primary N) is 1. The second kappa shape index (κ2) is 3.40. The first-order valence-electron chi connectivity index (χ1n) is 4.51. The van der Waals surface area contributed by atoms with Crippen molar-refractivity contribution in [2.24, 2.45) is 5.73 Å². The lowest BCUT2D eigenvalue weighted by Gasteiger charge is -2.16. The smallest absolute Gasteiger partial charge is 0.115 e. The maximum atomic E-state index is 5.73. The van der Waals surface area contributed by atoms with Gasteiger partial charge in [0.25, 0.3) is 0 Å². The van der Waals surface area contributed by atoms with Crippen LogP contribution >= 0.6 is 0 Å². The summed E-state index contributed by atoms with van der Waals surface area (Å²) in [4.78, 5) is 10.5. The molecule has 70 valence electrons. The van der Waals surface area contributed by atoms with Crippen molar-refractivity contribution in [1.82, 2.24) is 14.9 Å². The van der Waals surface area contributed by atoms with E-state index in [9.17, 15) is 0 Å². The summed E-state index contributed by atoms with van der Waals surface area (Å²) in [6.45, 7) is 4.81. The standard InChI is InChI=1S/C9H14N4/c1-7(10)3-13-4-8-2-11-6-12-9(8)5-13/h2,6-7H,3-5,10H2,1H3. The molecule has 0 aromatic carbocycles. The molecule has 0 spiro atoms. The van der Waals surface area contributed by atoms with Gasteiger partial charge in [-0.05, 0) is 6.92 Å². The van der Waals surface area contributed by atoms with Crippen molar-refractivity contribution in [3.63, 3.8) is 0 Å². The molecule has 4 heteroatoms. The third-order valence-electron chi connectivity index (χ3n) is 2.19. The van der Waals surface area contributed by atoms with Gasteiger partial charge in [-0.15, -0.1) is 0 Å². The molecule has 2 N–H and O–H groups in total. The fraction of sp³-hybridized carbons (Fsp3) is 0.556. The third kappa shape index (κ3) is 1.84. The van der Waals surface area contributed by atoms with Crippen molar-refractivity contribution in [1.29, 1.82) is 0 Å². The van der Waals surface area contributed by atoms with Crippen LogP contribution in [0, 0.1) is 0 Å². The Bertz CT molecular complexity index is 272. The van der Waals surface area contributed by atoms with Gasteiger partial charge < -0.3 is 5.73 Å². The van der Waals surface area contributed by atoms with E-state index >= 15 is 0 Å². The van der Waals surface area contributed by atoms with Gasteiger partial charge in [-0.3, -0.25) is 4.90 Å². The Balaban J connectivity index is 2.05. The van der Waals surface area contributed by atoms with Crippen LogP contribution in [0.2, 0.25) is 0 Å². The van der Waals surface area contributed by atoms with E-state index in [4.69, 9.17) is 5.73 Å². The summed E-state index contributed by atoms with van der Waals surface area (Å²) in [6, 6.07) is 0.224. The summed E-state index contributed by atoms with van der Waals surface area (Å²) in [5.41, 5.74) is 8.12. The molecule has 1 aliphatic rings. The number of fused-ring (bicyclic) bond motifs is 1. The van der Waals surface area contributed by atoms with Crippen molar-refractivity contribution < 1.29 is 0 Å². The highest BCUT2D eigenvalue weighted by Gasteiger charge is 2.20. The lowest BCUT2D eigenvalue weighted by molar-refractivity contribution is 0.269. The summed E-state index contributed by atoms with van der Waals surface area (Å²) in [6.07, 6.45) is 3.50. The monoisotopic (exact) mass is 178 g/mol. The molecule has 0 fully saturated rings. The number of aromatic nitrogens is 2. The van der Waals surface area contributed by atoms with Crippen molar-refractivity contribution in [2.75, 3.05) is 6.54 Å². The van der Waals surface area contributed by atoms with E-state index in [1.807, 2.05) is 13.1 Å². The Hall–Kier alpha value is -1.00. The molecule has 2 heterocycles. The first-order chi connectivity index (χ1) is 6.25. The molecule has 0 aliphatic carbocycles. The first-order valence-corrected chi connectivity index (χ1v) is 4.51. The summed E-state index contributed by atoms with van der Waals surface area (Å²) in [5, 5.41) is 0. The summed E-state index contributed by atoms with van der Waals surface area (Å²) >= 11 is 0. The van der Waals surface area contributed by atoms with Gasteiger partial charge in [-0.25, -0.2) is 9.97 Å². The molecule has 13 heavy (non-hydrogen) atoms. The van der Waals surface area contributed by atoms with E-state index in [2.05, 4.69) is 14.9 Å². The van der Waals surface area contributed by atoms with Gasteiger partial charge in [0.15, 0.2) is 0 Å². The molecule has 0 saturated carbocycles. The minimum Gasteiger partial charge on any atom is -0.327 e. The molecule has 0 bridgehead atoms. The second-order valence-electron chi connectivity index (χ2n) is 3.64. The average Bonchev–Trinajstić information content (AvgIpc) is 2.44. The molecule has 1 aromatic rings. The Morgan fingerprint density at radius 1 is 1.62 bits per heavy atom. The van der Waals surface area contributed by atoms with E-state index in [0.717, 1.165) is 25.3 Å². The van der Waals surface area contributed by atoms with Crippen LogP contribution in [0.15, 0.2) is 12.5 Å². The fourth-order valence-electron chi connectivity index (χ4n) is 1.70. The minimum absolute atomic E-state index is 0.224. The Morgan fingerprint density at radius 3 is 3.15 bits per heavy atom. The topological polar surface area (TPSA) is 55.0 Å². The molecule has 4 nitrogen and oxygen atoms in total. The predicted molar refractivity (Wildman–Crippen MR) is 49.8 cm³/mol. The van der Waals surface area contributed by atoms with E-state index in [1.54, 1.807) is 6.33 Å². The van der Waals surface area contributed by atoms with Gasteiger partial charge in [0, 0.05) is 37.4 Å². The second-order valence-corrected chi connectivity index (χ2v) is 3.64. The molecule has 1 aliphatic heterocycles. The van der Waals surface area contributed by atoms with Crippen molar-refractivity contribution in [3.8, 4) is 0 Å². The third-order valence-corrected chi connectivity index (χ3v) is 2.19. The zero-order chi connectivity index (χ0) is 9.26. The van der Waals surface area contributed by atoms with Crippen LogP contribution in [0.1, 0.15) is 18.2 Å². The average molecular weight is 178 g/mol. The number of rotatable bonds is 2. The van der Waals surface area contributed by atoms with E-state index in [0.29, 0.717) is 0 Å². The predicted octanol–water partition coefficient (Wildman–Crippen LogP) is 0.139. The van der Waals surface area contributed by atoms with Gasteiger partial charge in [0.1, 0.15) is 6.33 Å². The van der Waals surface area contributed by atoms with Crippen molar-refractivity contribution in [3.05, 3.63) is 23.8 Å². The first kappa shape index (κ1) is 8.59. The van der Waals surface area contributed by atoms with Crippen molar-refractivity contribution in [2.45, 2.75) is 26.1 Å². The SMILES string of the molecule is CC(N)CN1Cc2cncnc2C1. The highest BCUT2D eigenvalue weighted by Crippen LogP contribution is 2.18. The Morgan fingerprint density at radius 2 is 2.46 bits per heavy atom. The van der Waals surface area contributed by atoms with E-state index in [-0.39, 0.29) is 6.04 Å².